The van der Waals surface area contributed by atoms with Crippen molar-refractivity contribution >= 4 is 26.8 Å². The number of halogens is 1. The lowest BCUT2D eigenvalue weighted by Crippen LogP contribution is -1.80. The second-order valence-corrected chi connectivity index (χ2v) is 4.90. The second-order valence-electron chi connectivity index (χ2n) is 3.99. The number of hydrogen-bond donors (Lipinski definition) is 0. The summed E-state index contributed by atoms with van der Waals surface area (Å²) >= 11 is 3.43. The average molecular weight is 288 g/mol. The van der Waals surface area contributed by atoms with Crippen LogP contribution >= 0.6 is 15.9 Å². The van der Waals surface area contributed by atoms with Gasteiger partial charge in [-0.2, -0.15) is 0 Å². The van der Waals surface area contributed by atoms with Gasteiger partial charge < -0.3 is 4.52 Å². The van der Waals surface area contributed by atoms with Crippen LogP contribution in [0.1, 0.15) is 5.56 Å². The van der Waals surface area contributed by atoms with E-state index >= 15 is 0 Å². The van der Waals surface area contributed by atoms with E-state index < -0.39 is 0 Å². The maximum atomic E-state index is 5.47. The standard InChI is InChI=1S/C14H10BrNO/c1-9-4-2-3-5-11(9)14-12-7-6-10(15)8-13(12)16-17-14/h2-8H,1H3. The number of hydrogen-bond acceptors (Lipinski definition) is 2. The molecule has 0 aliphatic heterocycles. The topological polar surface area (TPSA) is 26.0 Å². The normalized spacial score (nSPS) is 10.9. The van der Waals surface area contributed by atoms with Crippen molar-refractivity contribution in [3.8, 4) is 11.3 Å². The maximum absolute atomic E-state index is 5.47. The van der Waals surface area contributed by atoms with Gasteiger partial charge in [-0.1, -0.05) is 45.4 Å². The minimum absolute atomic E-state index is 0.839. The van der Waals surface area contributed by atoms with E-state index in [1.54, 1.807) is 0 Å². The zero-order valence-electron chi connectivity index (χ0n) is 9.27. The largest absolute Gasteiger partial charge is 0.355 e. The molecular weight excluding hydrogens is 278 g/mol. The molecular formula is C14H10BrNO. The monoisotopic (exact) mass is 287 g/mol. The lowest BCUT2D eigenvalue weighted by Gasteiger charge is -2.00. The molecule has 2 aromatic carbocycles. The Hall–Kier alpha value is -1.61. The highest BCUT2D eigenvalue weighted by molar-refractivity contribution is 9.10. The van der Waals surface area contributed by atoms with Gasteiger partial charge in [-0.3, -0.25) is 0 Å². The van der Waals surface area contributed by atoms with E-state index in [1.807, 2.05) is 30.3 Å². The summed E-state index contributed by atoms with van der Waals surface area (Å²) in [5.41, 5.74) is 3.16. The van der Waals surface area contributed by atoms with E-state index in [4.69, 9.17) is 4.52 Å². The first-order chi connectivity index (χ1) is 8.25. The fourth-order valence-electron chi connectivity index (χ4n) is 1.94. The van der Waals surface area contributed by atoms with Crippen molar-refractivity contribution < 1.29 is 4.52 Å². The van der Waals surface area contributed by atoms with Crippen LogP contribution in [0, 0.1) is 6.92 Å². The molecule has 0 unspecified atom stereocenters. The van der Waals surface area contributed by atoms with Crippen molar-refractivity contribution in [1.82, 2.24) is 5.16 Å². The summed E-state index contributed by atoms with van der Waals surface area (Å²) in [6.07, 6.45) is 0. The fraction of sp³-hybridized carbons (Fsp3) is 0.0714. The molecule has 84 valence electrons. The molecule has 1 heterocycles. The molecule has 0 saturated heterocycles. The zero-order chi connectivity index (χ0) is 11.8. The minimum Gasteiger partial charge on any atom is -0.355 e. The summed E-state index contributed by atoms with van der Waals surface area (Å²) in [5, 5.41) is 5.14. The van der Waals surface area contributed by atoms with Gasteiger partial charge in [-0.05, 0) is 30.7 Å². The third-order valence-corrected chi connectivity index (χ3v) is 3.32. The van der Waals surface area contributed by atoms with Crippen LogP contribution in [0.5, 0.6) is 0 Å². The van der Waals surface area contributed by atoms with E-state index in [0.717, 1.165) is 26.7 Å². The predicted octanol–water partition coefficient (Wildman–Crippen LogP) is 4.57. The molecule has 0 aliphatic carbocycles. The molecule has 0 atom stereocenters. The van der Waals surface area contributed by atoms with Gasteiger partial charge >= 0.3 is 0 Å². The zero-order valence-corrected chi connectivity index (χ0v) is 10.9. The van der Waals surface area contributed by atoms with Crippen molar-refractivity contribution in [3.05, 3.63) is 52.5 Å². The van der Waals surface area contributed by atoms with Gasteiger partial charge in [0.05, 0.1) is 0 Å². The summed E-state index contributed by atoms with van der Waals surface area (Å²) < 4.78 is 6.48. The van der Waals surface area contributed by atoms with Crippen molar-refractivity contribution in [1.29, 1.82) is 0 Å². The minimum atomic E-state index is 0.839. The Bertz CT molecular complexity index is 688. The number of rotatable bonds is 1. The van der Waals surface area contributed by atoms with Gasteiger partial charge in [0.1, 0.15) is 5.52 Å². The highest BCUT2D eigenvalue weighted by atomic mass is 79.9. The lowest BCUT2D eigenvalue weighted by atomic mass is 10.0. The first kappa shape index (κ1) is 10.5. The molecule has 3 rings (SSSR count). The van der Waals surface area contributed by atoms with E-state index in [9.17, 15) is 0 Å². The van der Waals surface area contributed by atoms with Crippen LogP contribution in [-0.4, -0.2) is 5.16 Å². The molecule has 0 aliphatic rings. The third kappa shape index (κ3) is 1.76. The van der Waals surface area contributed by atoms with Crippen molar-refractivity contribution in [3.63, 3.8) is 0 Å². The summed E-state index contributed by atoms with van der Waals surface area (Å²) in [5.74, 6) is 0.839. The van der Waals surface area contributed by atoms with Crippen LogP contribution in [0.2, 0.25) is 0 Å². The molecule has 3 aromatic rings. The Balaban J connectivity index is 2.29. The Morgan fingerprint density at radius 1 is 1.12 bits per heavy atom. The van der Waals surface area contributed by atoms with Gasteiger partial charge in [0, 0.05) is 15.4 Å². The molecule has 1 aromatic heterocycles. The van der Waals surface area contributed by atoms with Crippen LogP contribution in [0.4, 0.5) is 0 Å². The highest BCUT2D eigenvalue weighted by Crippen LogP contribution is 2.31. The Morgan fingerprint density at radius 2 is 1.94 bits per heavy atom. The van der Waals surface area contributed by atoms with Crippen molar-refractivity contribution in [2.45, 2.75) is 6.92 Å². The number of aryl methyl sites for hydroxylation is 1. The van der Waals surface area contributed by atoms with E-state index in [2.05, 4.69) is 40.1 Å². The Labute approximate surface area is 107 Å². The average Bonchev–Trinajstić information content (AvgIpc) is 2.72. The van der Waals surface area contributed by atoms with Crippen LogP contribution in [0.25, 0.3) is 22.2 Å². The van der Waals surface area contributed by atoms with Gasteiger partial charge in [0.15, 0.2) is 5.76 Å². The Morgan fingerprint density at radius 3 is 2.76 bits per heavy atom. The smallest absolute Gasteiger partial charge is 0.174 e. The number of benzene rings is 2. The summed E-state index contributed by atoms with van der Waals surface area (Å²) in [7, 11) is 0. The van der Waals surface area contributed by atoms with E-state index in [-0.39, 0.29) is 0 Å². The predicted molar refractivity (Wildman–Crippen MR) is 71.9 cm³/mol. The van der Waals surface area contributed by atoms with Gasteiger partial charge in [-0.25, -0.2) is 0 Å². The SMILES string of the molecule is Cc1ccccc1-c1onc2cc(Br)ccc12. The first-order valence-electron chi connectivity index (χ1n) is 5.36. The van der Waals surface area contributed by atoms with Gasteiger partial charge in [-0.15, -0.1) is 0 Å². The van der Waals surface area contributed by atoms with Crippen LogP contribution < -0.4 is 0 Å². The van der Waals surface area contributed by atoms with Crippen molar-refractivity contribution in [2.24, 2.45) is 0 Å². The van der Waals surface area contributed by atoms with Crippen LogP contribution in [0.3, 0.4) is 0 Å². The van der Waals surface area contributed by atoms with E-state index in [1.165, 1.54) is 5.56 Å². The number of fused-ring (bicyclic) bond motifs is 1. The molecule has 0 N–H and O–H groups in total. The maximum Gasteiger partial charge on any atom is 0.174 e. The molecule has 0 saturated carbocycles. The molecule has 0 amide bonds. The third-order valence-electron chi connectivity index (χ3n) is 2.83. The summed E-state index contributed by atoms with van der Waals surface area (Å²) in [4.78, 5) is 0. The molecule has 0 radical (unpaired) electrons. The first-order valence-corrected chi connectivity index (χ1v) is 6.16. The molecule has 3 heteroatoms. The number of aromatic nitrogens is 1. The lowest BCUT2D eigenvalue weighted by molar-refractivity contribution is 0.440. The van der Waals surface area contributed by atoms with E-state index in [0.29, 0.717) is 0 Å². The molecule has 2 nitrogen and oxygen atoms in total. The van der Waals surface area contributed by atoms with Crippen LogP contribution in [0.15, 0.2) is 51.5 Å². The van der Waals surface area contributed by atoms with Crippen LogP contribution in [-0.2, 0) is 0 Å². The molecule has 0 bridgehead atoms. The quantitative estimate of drug-likeness (QED) is 0.655. The second kappa shape index (κ2) is 4.00. The summed E-state index contributed by atoms with van der Waals surface area (Å²) in [6.45, 7) is 2.07. The van der Waals surface area contributed by atoms with Crippen molar-refractivity contribution in [2.75, 3.05) is 0 Å². The molecule has 0 spiro atoms. The molecule has 17 heavy (non-hydrogen) atoms. The Kier molecular flexibility index (Phi) is 2.48. The van der Waals surface area contributed by atoms with Gasteiger partial charge in [0.2, 0.25) is 0 Å². The molecule has 0 fully saturated rings. The fourth-order valence-corrected chi connectivity index (χ4v) is 2.29. The summed E-state index contributed by atoms with van der Waals surface area (Å²) in [6, 6.07) is 14.1. The highest BCUT2D eigenvalue weighted by Gasteiger charge is 2.12. The number of nitrogens with zero attached hydrogens (tertiary/aromatic N) is 1. The van der Waals surface area contributed by atoms with Gasteiger partial charge in [0.25, 0.3) is 0 Å².